The van der Waals surface area contributed by atoms with E-state index >= 15 is 0 Å². The van der Waals surface area contributed by atoms with E-state index in [1.54, 1.807) is 55.6 Å². The Morgan fingerprint density at radius 3 is 2.59 bits per heavy atom. The minimum absolute atomic E-state index is 0.110. The molecular weight excluding hydrogens is 298 g/mol. The molecule has 0 saturated heterocycles. The van der Waals surface area contributed by atoms with Crippen molar-refractivity contribution in [1.82, 2.24) is 0 Å². The largest absolute Gasteiger partial charge is 0.497 e. The molecule has 0 fully saturated rings. The first-order valence-electron chi connectivity index (χ1n) is 6.62. The topological polar surface area (TPSA) is 46.6 Å². The first-order chi connectivity index (χ1) is 10.5. The van der Waals surface area contributed by atoms with Crippen molar-refractivity contribution in [3.05, 3.63) is 59.7 Å². The molecule has 0 aliphatic rings. The van der Waals surface area contributed by atoms with Crippen LogP contribution >= 0.6 is 0 Å². The standard InChI is InChI=1S/C17H17NO3S/c1-4-14-7-5-9-16(11-14)18(2)22(19,20)13-15-8-6-10-17(12-15)21-3/h1,5-12H,13H2,2-3H3. The van der Waals surface area contributed by atoms with Crippen LogP contribution in [0.2, 0.25) is 0 Å². The second-order valence-corrected chi connectivity index (χ2v) is 6.77. The highest BCUT2D eigenvalue weighted by Gasteiger charge is 2.19. The normalized spacial score (nSPS) is 10.8. The lowest BCUT2D eigenvalue weighted by Gasteiger charge is -2.20. The van der Waals surface area contributed by atoms with Gasteiger partial charge in [0.25, 0.3) is 0 Å². The van der Waals surface area contributed by atoms with Crippen molar-refractivity contribution in [1.29, 1.82) is 0 Å². The number of ether oxygens (including phenoxy) is 1. The minimum Gasteiger partial charge on any atom is -0.497 e. The zero-order valence-corrected chi connectivity index (χ0v) is 13.3. The molecule has 0 unspecified atom stereocenters. The maximum atomic E-state index is 12.5. The molecule has 0 amide bonds. The van der Waals surface area contributed by atoms with E-state index in [1.165, 1.54) is 11.4 Å². The van der Waals surface area contributed by atoms with E-state index in [2.05, 4.69) is 5.92 Å². The molecule has 0 bridgehead atoms. The number of hydrogen-bond donors (Lipinski definition) is 0. The predicted molar refractivity (Wildman–Crippen MR) is 88.4 cm³/mol. The van der Waals surface area contributed by atoms with Crippen molar-refractivity contribution in [2.45, 2.75) is 5.75 Å². The van der Waals surface area contributed by atoms with E-state index in [9.17, 15) is 8.42 Å². The molecule has 2 aromatic carbocycles. The van der Waals surface area contributed by atoms with Crippen molar-refractivity contribution in [2.24, 2.45) is 0 Å². The van der Waals surface area contributed by atoms with E-state index in [4.69, 9.17) is 11.2 Å². The average Bonchev–Trinajstić information content (AvgIpc) is 2.54. The van der Waals surface area contributed by atoms with Gasteiger partial charge in [-0.25, -0.2) is 8.42 Å². The number of anilines is 1. The van der Waals surface area contributed by atoms with Gasteiger partial charge in [-0.3, -0.25) is 4.31 Å². The summed E-state index contributed by atoms with van der Waals surface area (Å²) in [5, 5.41) is 0. The number of rotatable bonds is 5. The van der Waals surface area contributed by atoms with Crippen LogP contribution in [0.1, 0.15) is 11.1 Å². The lowest BCUT2D eigenvalue weighted by Crippen LogP contribution is -2.27. The summed E-state index contributed by atoms with van der Waals surface area (Å²) in [5.74, 6) is 3.02. The van der Waals surface area contributed by atoms with Crippen LogP contribution in [0.25, 0.3) is 0 Å². The second kappa shape index (κ2) is 6.54. The third kappa shape index (κ3) is 3.60. The van der Waals surface area contributed by atoms with Gasteiger partial charge in [0.2, 0.25) is 10.0 Å². The van der Waals surface area contributed by atoms with Gasteiger partial charge in [-0.1, -0.05) is 24.1 Å². The third-order valence-electron chi connectivity index (χ3n) is 3.28. The molecule has 0 spiro atoms. The average molecular weight is 315 g/mol. The van der Waals surface area contributed by atoms with Crippen LogP contribution in [0, 0.1) is 12.3 Å². The van der Waals surface area contributed by atoms with Gasteiger partial charge in [-0.2, -0.15) is 0 Å². The first kappa shape index (κ1) is 15.9. The van der Waals surface area contributed by atoms with Gasteiger partial charge in [0.1, 0.15) is 5.75 Å². The molecule has 0 heterocycles. The molecule has 5 heteroatoms. The number of terminal acetylenes is 1. The molecule has 114 valence electrons. The summed E-state index contributed by atoms with van der Waals surface area (Å²) < 4.78 is 31.4. The number of sulfonamides is 1. The van der Waals surface area contributed by atoms with E-state index in [0.29, 0.717) is 22.6 Å². The lowest BCUT2D eigenvalue weighted by molar-refractivity contribution is 0.414. The van der Waals surface area contributed by atoms with Crippen LogP contribution in [0.15, 0.2) is 48.5 Å². The highest BCUT2D eigenvalue weighted by Crippen LogP contribution is 2.21. The van der Waals surface area contributed by atoms with Gasteiger partial charge < -0.3 is 4.74 Å². The first-order valence-corrected chi connectivity index (χ1v) is 8.23. The lowest BCUT2D eigenvalue weighted by atomic mass is 10.2. The number of benzene rings is 2. The van der Waals surface area contributed by atoms with Crippen molar-refractivity contribution in [3.63, 3.8) is 0 Å². The molecule has 4 nitrogen and oxygen atoms in total. The highest BCUT2D eigenvalue weighted by atomic mass is 32.2. The van der Waals surface area contributed by atoms with Crippen LogP contribution in [0.4, 0.5) is 5.69 Å². The van der Waals surface area contributed by atoms with Crippen molar-refractivity contribution < 1.29 is 13.2 Å². The molecule has 0 radical (unpaired) electrons. The SMILES string of the molecule is C#Cc1cccc(N(C)S(=O)(=O)Cc2cccc(OC)c2)c1. The summed E-state index contributed by atoms with van der Waals surface area (Å²) in [6.45, 7) is 0. The maximum Gasteiger partial charge on any atom is 0.239 e. The van der Waals surface area contributed by atoms with E-state index in [-0.39, 0.29) is 5.75 Å². The van der Waals surface area contributed by atoms with Gasteiger partial charge in [0.15, 0.2) is 0 Å². The third-order valence-corrected chi connectivity index (χ3v) is 5.02. The summed E-state index contributed by atoms with van der Waals surface area (Å²) in [7, 11) is -0.441. The van der Waals surface area contributed by atoms with E-state index < -0.39 is 10.0 Å². The fourth-order valence-corrected chi connectivity index (χ4v) is 3.25. The van der Waals surface area contributed by atoms with Crippen LogP contribution in [-0.2, 0) is 15.8 Å². The Labute approximate surface area is 131 Å². The minimum atomic E-state index is -3.51. The molecule has 0 saturated carbocycles. The zero-order valence-electron chi connectivity index (χ0n) is 12.5. The molecule has 0 N–H and O–H groups in total. The summed E-state index contributed by atoms with van der Waals surface area (Å²) >= 11 is 0. The van der Waals surface area contributed by atoms with Crippen LogP contribution in [-0.4, -0.2) is 22.6 Å². The van der Waals surface area contributed by atoms with Crippen molar-refractivity contribution >= 4 is 15.7 Å². The molecule has 2 aromatic rings. The summed E-state index contributed by atoms with van der Waals surface area (Å²) in [6, 6.07) is 13.9. The van der Waals surface area contributed by atoms with E-state index in [1.807, 2.05) is 0 Å². The fourth-order valence-electron chi connectivity index (χ4n) is 2.02. The second-order valence-electron chi connectivity index (χ2n) is 4.77. The van der Waals surface area contributed by atoms with Gasteiger partial charge in [-0.15, -0.1) is 6.42 Å². The zero-order chi connectivity index (χ0) is 16.2. The Morgan fingerprint density at radius 2 is 1.91 bits per heavy atom. The Balaban J connectivity index is 2.27. The van der Waals surface area contributed by atoms with Gasteiger partial charge in [0.05, 0.1) is 18.6 Å². The number of nitrogens with zero attached hydrogens (tertiary/aromatic N) is 1. The monoisotopic (exact) mass is 315 g/mol. The van der Waals surface area contributed by atoms with Crippen LogP contribution in [0.3, 0.4) is 0 Å². The number of methoxy groups -OCH3 is 1. The molecule has 0 aliphatic carbocycles. The summed E-state index contributed by atoms with van der Waals surface area (Å²) in [5.41, 5.74) is 1.85. The highest BCUT2D eigenvalue weighted by molar-refractivity contribution is 7.92. The smallest absolute Gasteiger partial charge is 0.239 e. The van der Waals surface area contributed by atoms with Crippen molar-refractivity contribution in [3.8, 4) is 18.1 Å². The Hall–Kier alpha value is -2.45. The van der Waals surface area contributed by atoms with Gasteiger partial charge >= 0.3 is 0 Å². The molecular formula is C17H17NO3S. The van der Waals surface area contributed by atoms with Gasteiger partial charge in [0, 0.05) is 12.6 Å². The Bertz CT molecular complexity index is 807. The van der Waals surface area contributed by atoms with Crippen molar-refractivity contribution in [2.75, 3.05) is 18.5 Å². The molecule has 2 rings (SSSR count). The van der Waals surface area contributed by atoms with Crippen LogP contribution < -0.4 is 9.04 Å². The van der Waals surface area contributed by atoms with E-state index in [0.717, 1.165) is 0 Å². The molecule has 0 aromatic heterocycles. The quantitative estimate of drug-likeness (QED) is 0.797. The maximum absolute atomic E-state index is 12.5. The van der Waals surface area contributed by atoms with Gasteiger partial charge in [-0.05, 0) is 35.9 Å². The Kier molecular flexibility index (Phi) is 4.74. The fraction of sp³-hybridized carbons (Fsp3) is 0.176. The predicted octanol–water partition coefficient (Wildman–Crippen LogP) is 2.64. The molecule has 0 atom stereocenters. The molecule has 0 aliphatic heterocycles. The number of hydrogen-bond acceptors (Lipinski definition) is 3. The molecule has 22 heavy (non-hydrogen) atoms. The van der Waals surface area contributed by atoms with Crippen LogP contribution in [0.5, 0.6) is 5.75 Å². The summed E-state index contributed by atoms with van der Waals surface area (Å²) in [6.07, 6.45) is 5.35. The summed E-state index contributed by atoms with van der Waals surface area (Å²) in [4.78, 5) is 0. The Morgan fingerprint density at radius 1 is 1.18 bits per heavy atom.